The van der Waals surface area contributed by atoms with Crippen molar-refractivity contribution in [1.82, 2.24) is 9.97 Å². The van der Waals surface area contributed by atoms with Gasteiger partial charge in [0.2, 0.25) is 5.88 Å². The van der Waals surface area contributed by atoms with E-state index < -0.39 is 0 Å². The van der Waals surface area contributed by atoms with Crippen LogP contribution in [0.15, 0.2) is 47.1 Å². The summed E-state index contributed by atoms with van der Waals surface area (Å²) in [6.07, 6.45) is 1.69. The number of methoxy groups -OCH3 is 1. The highest BCUT2D eigenvalue weighted by atomic mass is 79.9. The van der Waals surface area contributed by atoms with Crippen LogP contribution in [0.3, 0.4) is 0 Å². The van der Waals surface area contributed by atoms with Gasteiger partial charge in [-0.1, -0.05) is 0 Å². The van der Waals surface area contributed by atoms with E-state index in [1.165, 1.54) is 6.07 Å². The normalized spacial score (nSPS) is 10.7. The Bertz CT molecular complexity index is 826. The molecule has 0 saturated carbocycles. The van der Waals surface area contributed by atoms with Crippen molar-refractivity contribution in [3.8, 4) is 5.88 Å². The van der Waals surface area contributed by atoms with Gasteiger partial charge in [0.1, 0.15) is 11.6 Å². The number of rotatable bonds is 4. The molecule has 22 heavy (non-hydrogen) atoms. The first kappa shape index (κ1) is 14.7. The van der Waals surface area contributed by atoms with E-state index in [9.17, 15) is 4.39 Å². The van der Waals surface area contributed by atoms with Gasteiger partial charge in [-0.2, -0.15) is 0 Å². The van der Waals surface area contributed by atoms with Crippen LogP contribution in [0.1, 0.15) is 5.56 Å². The predicted molar refractivity (Wildman–Crippen MR) is 87.5 cm³/mol. The van der Waals surface area contributed by atoms with E-state index in [1.807, 2.05) is 24.3 Å². The van der Waals surface area contributed by atoms with Crippen LogP contribution >= 0.6 is 15.9 Å². The van der Waals surface area contributed by atoms with Crippen LogP contribution < -0.4 is 10.1 Å². The molecule has 0 bridgehead atoms. The minimum atomic E-state index is -0.323. The third-order valence-corrected chi connectivity index (χ3v) is 3.82. The first-order chi connectivity index (χ1) is 10.7. The number of aromatic nitrogens is 2. The Morgan fingerprint density at radius 2 is 2.09 bits per heavy atom. The third-order valence-electron chi connectivity index (χ3n) is 3.21. The van der Waals surface area contributed by atoms with Crippen LogP contribution in [0.4, 0.5) is 10.2 Å². The van der Waals surface area contributed by atoms with Crippen LogP contribution in [0.2, 0.25) is 0 Å². The lowest BCUT2D eigenvalue weighted by atomic mass is 10.2. The van der Waals surface area contributed by atoms with Gasteiger partial charge >= 0.3 is 0 Å². The fourth-order valence-electron chi connectivity index (χ4n) is 2.08. The smallest absolute Gasteiger partial charge is 0.213 e. The molecule has 6 heteroatoms. The molecule has 0 aliphatic heterocycles. The monoisotopic (exact) mass is 361 g/mol. The van der Waals surface area contributed by atoms with Crippen molar-refractivity contribution in [2.45, 2.75) is 6.54 Å². The Kier molecular flexibility index (Phi) is 4.20. The van der Waals surface area contributed by atoms with E-state index in [4.69, 9.17) is 4.74 Å². The topological polar surface area (TPSA) is 47.0 Å². The van der Waals surface area contributed by atoms with Crippen molar-refractivity contribution in [1.29, 1.82) is 0 Å². The number of hydrogen-bond donors (Lipinski definition) is 1. The fraction of sp³-hybridized carbons (Fsp3) is 0.125. The van der Waals surface area contributed by atoms with Gasteiger partial charge in [0.05, 0.1) is 17.1 Å². The van der Waals surface area contributed by atoms with E-state index >= 15 is 0 Å². The maximum atomic E-state index is 13.6. The lowest BCUT2D eigenvalue weighted by molar-refractivity contribution is 0.397. The van der Waals surface area contributed by atoms with E-state index in [0.717, 1.165) is 10.9 Å². The Balaban J connectivity index is 1.80. The van der Waals surface area contributed by atoms with Gasteiger partial charge in [-0.3, -0.25) is 0 Å². The molecule has 3 aromatic rings. The maximum absolute atomic E-state index is 13.6. The minimum Gasteiger partial charge on any atom is -0.481 e. The molecule has 0 spiro atoms. The van der Waals surface area contributed by atoms with Gasteiger partial charge < -0.3 is 10.1 Å². The first-order valence-electron chi connectivity index (χ1n) is 6.64. The largest absolute Gasteiger partial charge is 0.481 e. The molecule has 1 aromatic carbocycles. The predicted octanol–water partition coefficient (Wildman–Crippen LogP) is 4.15. The zero-order valence-corrected chi connectivity index (χ0v) is 13.4. The Hall–Kier alpha value is -2.21. The van der Waals surface area contributed by atoms with Crippen LogP contribution in [-0.4, -0.2) is 17.1 Å². The van der Waals surface area contributed by atoms with Gasteiger partial charge in [-0.05, 0) is 45.8 Å². The van der Waals surface area contributed by atoms with Crippen molar-refractivity contribution >= 4 is 32.7 Å². The van der Waals surface area contributed by atoms with E-state index in [1.54, 1.807) is 19.4 Å². The van der Waals surface area contributed by atoms with Crippen molar-refractivity contribution in [2.24, 2.45) is 0 Å². The molecule has 0 atom stereocenters. The number of pyridine rings is 2. The second-order valence-corrected chi connectivity index (χ2v) is 5.57. The molecule has 112 valence electrons. The summed E-state index contributed by atoms with van der Waals surface area (Å²) in [5.74, 6) is 0.929. The van der Waals surface area contributed by atoms with E-state index in [0.29, 0.717) is 28.2 Å². The first-order valence-corrected chi connectivity index (χ1v) is 7.43. The van der Waals surface area contributed by atoms with Crippen molar-refractivity contribution in [3.63, 3.8) is 0 Å². The maximum Gasteiger partial charge on any atom is 0.213 e. The van der Waals surface area contributed by atoms with Crippen LogP contribution in [0.5, 0.6) is 5.88 Å². The summed E-state index contributed by atoms with van der Waals surface area (Å²) in [5, 5.41) is 4.09. The highest BCUT2D eigenvalue weighted by molar-refractivity contribution is 9.10. The second kappa shape index (κ2) is 6.27. The average Bonchev–Trinajstić information content (AvgIpc) is 2.54. The number of nitrogens with one attached hydrogen (secondary N) is 1. The highest BCUT2D eigenvalue weighted by Gasteiger charge is 2.04. The van der Waals surface area contributed by atoms with E-state index in [-0.39, 0.29) is 5.82 Å². The standard InChI is InChI=1S/C16H13BrFN3O/c1-22-16-6-10(4-5-19-16)9-20-15-3-2-11-7-12(17)13(18)8-14(11)21-15/h2-8H,9H2,1H3,(H,20,21). The van der Waals surface area contributed by atoms with Crippen LogP contribution in [-0.2, 0) is 6.54 Å². The molecular weight excluding hydrogens is 349 g/mol. The third kappa shape index (κ3) is 3.17. The summed E-state index contributed by atoms with van der Waals surface area (Å²) in [5.41, 5.74) is 1.63. The minimum absolute atomic E-state index is 0.323. The molecule has 1 N–H and O–H groups in total. The number of ether oxygens (including phenoxy) is 1. The van der Waals surface area contributed by atoms with Gasteiger partial charge in [-0.15, -0.1) is 0 Å². The SMILES string of the molecule is COc1cc(CNc2ccc3cc(Br)c(F)cc3n2)ccn1. The molecule has 0 saturated heterocycles. The van der Waals surface area contributed by atoms with Gasteiger partial charge in [0.15, 0.2) is 0 Å². The Labute approximate surface area is 135 Å². The van der Waals surface area contributed by atoms with Crippen LogP contribution in [0, 0.1) is 5.82 Å². The average molecular weight is 362 g/mol. The van der Waals surface area contributed by atoms with Crippen LogP contribution in [0.25, 0.3) is 10.9 Å². The van der Waals surface area contributed by atoms with E-state index in [2.05, 4.69) is 31.2 Å². The number of anilines is 1. The van der Waals surface area contributed by atoms with Crippen molar-refractivity contribution in [2.75, 3.05) is 12.4 Å². The van der Waals surface area contributed by atoms with Crippen molar-refractivity contribution in [3.05, 3.63) is 58.4 Å². The quantitative estimate of drug-likeness (QED) is 0.758. The number of benzene rings is 1. The zero-order chi connectivity index (χ0) is 15.5. The summed E-state index contributed by atoms with van der Waals surface area (Å²) in [6, 6.07) is 10.7. The lowest BCUT2D eigenvalue weighted by Crippen LogP contribution is -2.02. The summed E-state index contributed by atoms with van der Waals surface area (Å²) < 4.78 is 19.1. The summed E-state index contributed by atoms with van der Waals surface area (Å²) in [6.45, 7) is 0.580. The molecule has 4 nitrogen and oxygen atoms in total. The summed E-state index contributed by atoms with van der Waals surface area (Å²) in [4.78, 5) is 8.48. The molecule has 0 aliphatic carbocycles. The second-order valence-electron chi connectivity index (χ2n) is 4.72. The molecule has 0 unspecified atom stereocenters. The number of hydrogen-bond acceptors (Lipinski definition) is 4. The molecule has 0 aliphatic rings. The number of nitrogens with zero attached hydrogens (tertiary/aromatic N) is 2. The summed E-state index contributed by atoms with van der Waals surface area (Å²) in [7, 11) is 1.58. The highest BCUT2D eigenvalue weighted by Crippen LogP contribution is 2.23. The number of fused-ring (bicyclic) bond motifs is 1. The molecule has 2 heterocycles. The molecular formula is C16H13BrFN3O. The summed E-state index contributed by atoms with van der Waals surface area (Å²) >= 11 is 3.17. The molecule has 2 aromatic heterocycles. The fourth-order valence-corrected chi connectivity index (χ4v) is 2.44. The molecule has 3 rings (SSSR count). The lowest BCUT2D eigenvalue weighted by Gasteiger charge is -2.08. The van der Waals surface area contributed by atoms with Gasteiger partial charge in [-0.25, -0.2) is 14.4 Å². The van der Waals surface area contributed by atoms with Gasteiger partial charge in [0.25, 0.3) is 0 Å². The molecule has 0 fully saturated rings. The Morgan fingerprint density at radius 3 is 2.91 bits per heavy atom. The van der Waals surface area contributed by atoms with Gasteiger partial charge in [0, 0.05) is 30.3 Å². The Morgan fingerprint density at radius 1 is 1.23 bits per heavy atom. The molecule has 0 amide bonds. The van der Waals surface area contributed by atoms with Crippen molar-refractivity contribution < 1.29 is 9.13 Å². The number of halogens is 2. The zero-order valence-electron chi connectivity index (χ0n) is 11.8. The molecule has 0 radical (unpaired) electrons.